The van der Waals surface area contributed by atoms with Crippen LogP contribution < -0.4 is 10.1 Å². The van der Waals surface area contributed by atoms with Crippen LogP contribution in [0.2, 0.25) is 0 Å². The first-order valence-electron chi connectivity index (χ1n) is 7.69. The van der Waals surface area contributed by atoms with Crippen molar-refractivity contribution >= 4 is 17.2 Å². The highest BCUT2D eigenvalue weighted by molar-refractivity contribution is 7.09. The van der Waals surface area contributed by atoms with Crippen LogP contribution in [0.3, 0.4) is 0 Å². The SMILES string of the molecule is COc1cccc(C(CNC(=O)CCc2cccs2)N(C)C)c1. The molecule has 0 aliphatic heterocycles. The Kier molecular flexibility index (Phi) is 6.62. The number of hydrogen-bond donors (Lipinski definition) is 1. The summed E-state index contributed by atoms with van der Waals surface area (Å²) in [5.74, 6) is 0.923. The zero-order chi connectivity index (χ0) is 16.7. The summed E-state index contributed by atoms with van der Waals surface area (Å²) >= 11 is 1.69. The van der Waals surface area contributed by atoms with Crippen LogP contribution in [0.5, 0.6) is 5.75 Å². The summed E-state index contributed by atoms with van der Waals surface area (Å²) in [6.07, 6.45) is 1.33. The molecular formula is C18H24N2O2S. The summed E-state index contributed by atoms with van der Waals surface area (Å²) in [6, 6.07) is 12.2. The van der Waals surface area contributed by atoms with Crippen LogP contribution in [0.1, 0.15) is 22.9 Å². The van der Waals surface area contributed by atoms with Crippen molar-refractivity contribution < 1.29 is 9.53 Å². The van der Waals surface area contributed by atoms with Crippen LogP contribution in [-0.2, 0) is 11.2 Å². The van der Waals surface area contributed by atoms with E-state index >= 15 is 0 Å². The molecule has 124 valence electrons. The minimum Gasteiger partial charge on any atom is -0.497 e. The van der Waals surface area contributed by atoms with Gasteiger partial charge in [-0.1, -0.05) is 18.2 Å². The number of ether oxygens (including phenoxy) is 1. The fourth-order valence-corrected chi connectivity index (χ4v) is 3.15. The predicted octanol–water partition coefficient (Wildman–Crippen LogP) is 3.11. The first kappa shape index (κ1) is 17.5. The smallest absolute Gasteiger partial charge is 0.220 e. The molecule has 5 heteroatoms. The van der Waals surface area contributed by atoms with Gasteiger partial charge in [-0.3, -0.25) is 4.79 Å². The Hall–Kier alpha value is -1.85. The number of benzene rings is 1. The molecule has 1 heterocycles. The minimum atomic E-state index is 0.0909. The zero-order valence-corrected chi connectivity index (χ0v) is 14.7. The van der Waals surface area contributed by atoms with Crippen LogP contribution in [0, 0.1) is 0 Å². The Morgan fingerprint density at radius 3 is 2.78 bits per heavy atom. The second kappa shape index (κ2) is 8.70. The largest absolute Gasteiger partial charge is 0.497 e. The number of thiophene rings is 1. The molecule has 1 amide bonds. The fourth-order valence-electron chi connectivity index (χ4n) is 2.44. The van der Waals surface area contributed by atoms with Gasteiger partial charge in [-0.2, -0.15) is 0 Å². The second-order valence-corrected chi connectivity index (χ2v) is 6.67. The van der Waals surface area contributed by atoms with Gasteiger partial charge in [0.1, 0.15) is 5.75 Å². The Morgan fingerprint density at radius 2 is 2.13 bits per heavy atom. The van der Waals surface area contributed by atoms with Gasteiger partial charge in [0.2, 0.25) is 5.91 Å². The molecule has 0 aliphatic carbocycles. The summed E-state index contributed by atoms with van der Waals surface area (Å²) in [5.41, 5.74) is 1.13. The van der Waals surface area contributed by atoms with Crippen molar-refractivity contribution in [2.24, 2.45) is 0 Å². The van der Waals surface area contributed by atoms with Gasteiger partial charge in [-0.25, -0.2) is 0 Å². The highest BCUT2D eigenvalue weighted by atomic mass is 32.1. The fraction of sp³-hybridized carbons (Fsp3) is 0.389. The van der Waals surface area contributed by atoms with Crippen LogP contribution >= 0.6 is 11.3 Å². The first-order chi connectivity index (χ1) is 11.1. The van der Waals surface area contributed by atoms with E-state index in [9.17, 15) is 4.79 Å². The molecule has 1 atom stereocenters. The zero-order valence-electron chi connectivity index (χ0n) is 13.9. The molecule has 1 aromatic carbocycles. The molecule has 0 fully saturated rings. The molecule has 4 nitrogen and oxygen atoms in total. The molecule has 2 aromatic rings. The summed E-state index contributed by atoms with van der Waals surface area (Å²) in [5, 5.41) is 5.09. The molecule has 0 spiro atoms. The van der Waals surface area contributed by atoms with E-state index < -0.39 is 0 Å². The lowest BCUT2D eigenvalue weighted by Gasteiger charge is -2.25. The van der Waals surface area contributed by atoms with E-state index in [-0.39, 0.29) is 11.9 Å². The van der Waals surface area contributed by atoms with Crippen molar-refractivity contribution in [2.45, 2.75) is 18.9 Å². The van der Waals surface area contributed by atoms with Crippen molar-refractivity contribution in [3.05, 3.63) is 52.2 Å². The van der Waals surface area contributed by atoms with Crippen LogP contribution in [0.4, 0.5) is 0 Å². The van der Waals surface area contributed by atoms with Crippen LogP contribution in [-0.4, -0.2) is 38.6 Å². The molecule has 0 aliphatic rings. The number of carbonyl (C=O) groups is 1. The molecule has 23 heavy (non-hydrogen) atoms. The van der Waals surface area contributed by atoms with Crippen molar-refractivity contribution in [2.75, 3.05) is 27.7 Å². The van der Waals surface area contributed by atoms with E-state index in [0.717, 1.165) is 17.7 Å². The number of rotatable bonds is 8. The lowest BCUT2D eigenvalue weighted by Crippen LogP contribution is -2.34. The van der Waals surface area contributed by atoms with Gasteiger partial charge in [0, 0.05) is 17.8 Å². The quantitative estimate of drug-likeness (QED) is 0.807. The Labute approximate surface area is 142 Å². The van der Waals surface area contributed by atoms with E-state index in [4.69, 9.17) is 4.74 Å². The Morgan fingerprint density at radius 1 is 1.30 bits per heavy atom. The second-order valence-electron chi connectivity index (χ2n) is 5.64. The molecular weight excluding hydrogens is 308 g/mol. The third-order valence-corrected chi connectivity index (χ3v) is 4.71. The molecule has 0 bridgehead atoms. The summed E-state index contributed by atoms with van der Waals surface area (Å²) < 4.78 is 5.29. The van der Waals surface area contributed by atoms with Gasteiger partial charge in [0.25, 0.3) is 0 Å². The van der Waals surface area contributed by atoms with Crippen molar-refractivity contribution in [1.82, 2.24) is 10.2 Å². The molecule has 1 unspecified atom stereocenters. The third-order valence-electron chi connectivity index (χ3n) is 3.77. The van der Waals surface area contributed by atoms with E-state index in [0.29, 0.717) is 13.0 Å². The third kappa shape index (κ3) is 5.37. The number of methoxy groups -OCH3 is 1. The van der Waals surface area contributed by atoms with Crippen molar-refractivity contribution in [3.8, 4) is 5.75 Å². The van der Waals surface area contributed by atoms with Gasteiger partial charge in [0.15, 0.2) is 0 Å². The number of aryl methyl sites for hydroxylation is 1. The maximum Gasteiger partial charge on any atom is 0.220 e. The lowest BCUT2D eigenvalue weighted by atomic mass is 10.1. The number of amides is 1. The molecule has 0 saturated heterocycles. The van der Waals surface area contributed by atoms with Crippen molar-refractivity contribution in [1.29, 1.82) is 0 Å². The Bertz CT molecular complexity index is 611. The standard InChI is InChI=1S/C18H24N2O2S/c1-20(2)17(14-6-4-7-15(12-14)22-3)13-19-18(21)10-9-16-8-5-11-23-16/h4-8,11-12,17H,9-10,13H2,1-3H3,(H,19,21). The topological polar surface area (TPSA) is 41.6 Å². The van der Waals surface area contributed by atoms with Gasteiger partial charge < -0.3 is 15.0 Å². The summed E-state index contributed by atoms with van der Waals surface area (Å²) in [6.45, 7) is 0.587. The van der Waals surface area contributed by atoms with Gasteiger partial charge in [-0.15, -0.1) is 11.3 Å². The monoisotopic (exact) mass is 332 g/mol. The number of likely N-dealkylation sites (N-methyl/N-ethyl adjacent to an activating group) is 1. The molecule has 0 radical (unpaired) electrons. The van der Waals surface area contributed by atoms with E-state index in [1.807, 2.05) is 43.7 Å². The maximum absolute atomic E-state index is 12.1. The van der Waals surface area contributed by atoms with Crippen LogP contribution in [0.15, 0.2) is 41.8 Å². The molecule has 0 saturated carbocycles. The van der Waals surface area contributed by atoms with Gasteiger partial charge >= 0.3 is 0 Å². The number of nitrogens with zero attached hydrogens (tertiary/aromatic N) is 1. The maximum atomic E-state index is 12.1. The normalized spacial score (nSPS) is 12.2. The molecule has 2 rings (SSSR count). The number of carbonyl (C=O) groups excluding carboxylic acids is 1. The molecule has 1 aromatic heterocycles. The average molecular weight is 332 g/mol. The van der Waals surface area contributed by atoms with Crippen molar-refractivity contribution in [3.63, 3.8) is 0 Å². The van der Waals surface area contributed by atoms with Crippen LogP contribution in [0.25, 0.3) is 0 Å². The summed E-state index contributed by atoms with van der Waals surface area (Å²) in [4.78, 5) is 15.4. The highest BCUT2D eigenvalue weighted by Gasteiger charge is 2.16. The minimum absolute atomic E-state index is 0.0909. The van der Waals surface area contributed by atoms with E-state index in [1.54, 1.807) is 18.4 Å². The number of hydrogen-bond acceptors (Lipinski definition) is 4. The van der Waals surface area contributed by atoms with E-state index in [2.05, 4.69) is 22.3 Å². The Balaban J connectivity index is 1.90. The van der Waals surface area contributed by atoms with Gasteiger partial charge in [0.05, 0.1) is 13.2 Å². The summed E-state index contributed by atoms with van der Waals surface area (Å²) in [7, 11) is 5.69. The average Bonchev–Trinajstić information content (AvgIpc) is 3.06. The van der Waals surface area contributed by atoms with Gasteiger partial charge in [-0.05, 0) is 49.7 Å². The first-order valence-corrected chi connectivity index (χ1v) is 8.57. The highest BCUT2D eigenvalue weighted by Crippen LogP contribution is 2.22. The molecule has 1 N–H and O–H groups in total. The number of nitrogens with one attached hydrogen (secondary N) is 1. The van der Waals surface area contributed by atoms with E-state index in [1.165, 1.54) is 4.88 Å². The predicted molar refractivity (Wildman–Crippen MR) is 95.1 cm³/mol. The lowest BCUT2D eigenvalue weighted by molar-refractivity contribution is -0.121.